The smallest absolute Gasteiger partial charge is 0.282 e. The maximum Gasteiger partial charge on any atom is 0.282 e. The summed E-state index contributed by atoms with van der Waals surface area (Å²) in [6.07, 6.45) is 2.06. The van der Waals surface area contributed by atoms with E-state index >= 15 is 0 Å². The molecule has 8 heteroatoms. The second-order valence-electron chi connectivity index (χ2n) is 4.57. The van der Waals surface area contributed by atoms with E-state index < -0.39 is 10.8 Å². The molecule has 0 radical (unpaired) electrons. The highest BCUT2D eigenvalue weighted by Crippen LogP contribution is 2.17. The molecule has 112 valence electrons. The number of ether oxygens (including phenoxy) is 1. The number of hydrogen-bond donors (Lipinski definition) is 2. The van der Waals surface area contributed by atoms with E-state index in [-0.39, 0.29) is 22.5 Å². The molecule has 1 aliphatic heterocycles. The fourth-order valence-corrected chi connectivity index (χ4v) is 2.23. The molecule has 1 aromatic rings. The molecule has 0 bridgehead atoms. The quantitative estimate of drug-likeness (QED) is 0.496. The van der Waals surface area contributed by atoms with Crippen LogP contribution in [-0.4, -0.2) is 35.2 Å². The number of carbonyl (C=O) groups is 1. The molecule has 1 atom stereocenters. The van der Waals surface area contributed by atoms with E-state index in [1.54, 1.807) is 6.07 Å². The fourth-order valence-electron chi connectivity index (χ4n) is 2.05. The van der Waals surface area contributed by atoms with Crippen molar-refractivity contribution in [3.8, 4) is 0 Å². The minimum absolute atomic E-state index is 0.0243. The number of nitrogens with zero attached hydrogens (tertiary/aromatic N) is 1. The van der Waals surface area contributed by atoms with Gasteiger partial charge in [0.1, 0.15) is 5.56 Å². The Kier molecular flexibility index (Phi) is 5.18. The van der Waals surface area contributed by atoms with Gasteiger partial charge in [-0.2, -0.15) is 0 Å². The van der Waals surface area contributed by atoms with Crippen LogP contribution in [0.1, 0.15) is 23.2 Å². The molecule has 7 nitrogen and oxygen atoms in total. The molecular weight excluding hydrogens is 294 g/mol. The Bertz CT molecular complexity index is 558. The van der Waals surface area contributed by atoms with Crippen molar-refractivity contribution in [3.63, 3.8) is 0 Å². The highest BCUT2D eigenvalue weighted by Gasteiger charge is 2.20. The van der Waals surface area contributed by atoms with Crippen molar-refractivity contribution in [2.24, 2.45) is 0 Å². The van der Waals surface area contributed by atoms with E-state index in [1.807, 2.05) is 0 Å². The third-order valence-electron chi connectivity index (χ3n) is 3.09. The molecule has 1 amide bonds. The van der Waals surface area contributed by atoms with Crippen LogP contribution < -0.4 is 10.6 Å². The summed E-state index contributed by atoms with van der Waals surface area (Å²) in [5.41, 5.74) is -0.277. The van der Waals surface area contributed by atoms with Gasteiger partial charge < -0.3 is 10.1 Å². The Balaban J connectivity index is 1.91. The number of nitro benzene ring substituents is 1. The summed E-state index contributed by atoms with van der Waals surface area (Å²) < 4.78 is 5.42. The van der Waals surface area contributed by atoms with Gasteiger partial charge in [-0.1, -0.05) is 12.1 Å². The molecule has 1 fully saturated rings. The molecule has 0 aromatic heterocycles. The standard InChI is InChI=1S/C13H15N3O4S/c17-12(10-5-1-2-6-11(10)16(18)19)15-13(21)14-8-9-4-3-7-20-9/h1-2,5-6,9H,3-4,7-8H2,(H2,14,15,17,21)/t9-/m0/s1. The Labute approximate surface area is 126 Å². The minimum Gasteiger partial charge on any atom is -0.376 e. The fraction of sp³-hybridized carbons (Fsp3) is 0.385. The lowest BCUT2D eigenvalue weighted by molar-refractivity contribution is -0.385. The summed E-state index contributed by atoms with van der Waals surface area (Å²) in [5.74, 6) is -0.604. The molecule has 1 heterocycles. The monoisotopic (exact) mass is 309 g/mol. The summed E-state index contributed by atoms with van der Waals surface area (Å²) in [5, 5.41) is 16.3. The second-order valence-corrected chi connectivity index (χ2v) is 4.98. The van der Waals surface area contributed by atoms with Gasteiger partial charge in [0.2, 0.25) is 0 Å². The van der Waals surface area contributed by atoms with Gasteiger partial charge in [-0.3, -0.25) is 20.2 Å². The van der Waals surface area contributed by atoms with Gasteiger partial charge in [0, 0.05) is 19.2 Å². The van der Waals surface area contributed by atoms with Crippen LogP contribution in [0.4, 0.5) is 5.69 Å². The summed E-state index contributed by atoms with van der Waals surface area (Å²) in [6, 6.07) is 5.72. The average Bonchev–Trinajstić information content (AvgIpc) is 2.98. The lowest BCUT2D eigenvalue weighted by Gasteiger charge is -2.13. The highest BCUT2D eigenvalue weighted by atomic mass is 32.1. The topological polar surface area (TPSA) is 93.5 Å². The number of hydrogen-bond acceptors (Lipinski definition) is 5. The van der Waals surface area contributed by atoms with Gasteiger partial charge in [-0.15, -0.1) is 0 Å². The SMILES string of the molecule is O=C(NC(=S)NC[C@@H]1CCCO1)c1ccccc1[N+](=O)[O-]. The van der Waals surface area contributed by atoms with E-state index in [0.29, 0.717) is 6.54 Å². The Morgan fingerprint density at radius 3 is 2.90 bits per heavy atom. The predicted octanol–water partition coefficient (Wildman–Crippen LogP) is 1.38. The van der Waals surface area contributed by atoms with Crippen LogP contribution in [0, 0.1) is 10.1 Å². The zero-order valence-corrected chi connectivity index (χ0v) is 12.0. The van der Waals surface area contributed by atoms with Gasteiger partial charge in [0.05, 0.1) is 11.0 Å². The number of nitro groups is 1. The van der Waals surface area contributed by atoms with Crippen LogP contribution in [0.3, 0.4) is 0 Å². The van der Waals surface area contributed by atoms with Crippen LogP contribution >= 0.6 is 12.2 Å². The van der Waals surface area contributed by atoms with Crippen molar-refractivity contribution in [2.75, 3.05) is 13.2 Å². The molecule has 2 rings (SSSR count). The largest absolute Gasteiger partial charge is 0.376 e. The number of carbonyl (C=O) groups excluding carboxylic acids is 1. The van der Waals surface area contributed by atoms with Crippen LogP contribution in [-0.2, 0) is 4.74 Å². The molecule has 1 aromatic carbocycles. The normalized spacial score (nSPS) is 17.2. The molecule has 1 saturated heterocycles. The van der Waals surface area contributed by atoms with E-state index in [4.69, 9.17) is 17.0 Å². The van der Waals surface area contributed by atoms with Crippen LogP contribution in [0.15, 0.2) is 24.3 Å². The van der Waals surface area contributed by atoms with Crippen molar-refractivity contribution in [1.29, 1.82) is 0 Å². The predicted molar refractivity (Wildman–Crippen MR) is 80.1 cm³/mol. The lowest BCUT2D eigenvalue weighted by Crippen LogP contribution is -2.42. The van der Waals surface area contributed by atoms with Crippen molar-refractivity contribution < 1.29 is 14.5 Å². The van der Waals surface area contributed by atoms with Gasteiger partial charge >= 0.3 is 0 Å². The van der Waals surface area contributed by atoms with E-state index in [2.05, 4.69) is 10.6 Å². The molecule has 0 unspecified atom stereocenters. The van der Waals surface area contributed by atoms with Crippen molar-refractivity contribution in [3.05, 3.63) is 39.9 Å². The Hall–Kier alpha value is -2.06. The van der Waals surface area contributed by atoms with Gasteiger partial charge in [0.15, 0.2) is 5.11 Å². The Morgan fingerprint density at radius 1 is 1.48 bits per heavy atom. The summed E-state index contributed by atoms with van der Waals surface area (Å²) in [4.78, 5) is 22.3. The molecule has 21 heavy (non-hydrogen) atoms. The summed E-state index contributed by atoms with van der Waals surface area (Å²) in [7, 11) is 0. The highest BCUT2D eigenvalue weighted by molar-refractivity contribution is 7.80. The van der Waals surface area contributed by atoms with Crippen molar-refractivity contribution >= 4 is 28.9 Å². The molecule has 0 aliphatic carbocycles. The number of benzene rings is 1. The number of nitrogens with one attached hydrogen (secondary N) is 2. The number of thiocarbonyl (C=S) groups is 1. The first kappa shape index (κ1) is 15.3. The molecule has 0 spiro atoms. The summed E-state index contributed by atoms with van der Waals surface area (Å²) >= 11 is 5.01. The minimum atomic E-state index is -0.604. The van der Waals surface area contributed by atoms with Crippen LogP contribution in [0.25, 0.3) is 0 Å². The average molecular weight is 309 g/mol. The lowest BCUT2D eigenvalue weighted by atomic mass is 10.1. The van der Waals surface area contributed by atoms with E-state index in [1.165, 1.54) is 18.2 Å². The molecule has 0 saturated carbocycles. The maximum atomic E-state index is 12.0. The third kappa shape index (κ3) is 4.20. The van der Waals surface area contributed by atoms with Gasteiger partial charge in [-0.05, 0) is 31.1 Å². The first-order valence-electron chi connectivity index (χ1n) is 6.52. The number of para-hydroxylation sites is 1. The summed E-state index contributed by atoms with van der Waals surface area (Å²) in [6.45, 7) is 1.25. The van der Waals surface area contributed by atoms with E-state index in [0.717, 1.165) is 19.4 Å². The first-order valence-corrected chi connectivity index (χ1v) is 6.93. The molecule has 1 aliphatic rings. The maximum absolute atomic E-state index is 12.0. The van der Waals surface area contributed by atoms with Crippen molar-refractivity contribution in [1.82, 2.24) is 10.6 Å². The van der Waals surface area contributed by atoms with E-state index in [9.17, 15) is 14.9 Å². The second kappa shape index (κ2) is 7.09. The van der Waals surface area contributed by atoms with Gasteiger partial charge in [0.25, 0.3) is 11.6 Å². The molecular formula is C13H15N3O4S. The first-order chi connectivity index (χ1) is 10.1. The Morgan fingerprint density at radius 2 is 2.24 bits per heavy atom. The number of rotatable bonds is 4. The number of amides is 1. The molecule has 2 N–H and O–H groups in total. The van der Waals surface area contributed by atoms with Crippen LogP contribution in [0.5, 0.6) is 0 Å². The van der Waals surface area contributed by atoms with Crippen LogP contribution in [0.2, 0.25) is 0 Å². The third-order valence-corrected chi connectivity index (χ3v) is 3.33. The zero-order valence-electron chi connectivity index (χ0n) is 11.2. The zero-order chi connectivity index (χ0) is 15.2. The van der Waals surface area contributed by atoms with Crippen molar-refractivity contribution in [2.45, 2.75) is 18.9 Å². The van der Waals surface area contributed by atoms with Gasteiger partial charge in [-0.25, -0.2) is 0 Å².